The van der Waals surface area contributed by atoms with Gasteiger partial charge >= 0.3 is 11.9 Å². The summed E-state index contributed by atoms with van der Waals surface area (Å²) in [6.07, 6.45) is -4.34. The quantitative estimate of drug-likeness (QED) is 0.556. The van der Waals surface area contributed by atoms with E-state index in [1.54, 1.807) is 0 Å². The second kappa shape index (κ2) is 9.90. The molecule has 6 atom stereocenters. The van der Waals surface area contributed by atoms with Crippen molar-refractivity contribution in [3.05, 3.63) is 0 Å². The lowest BCUT2D eigenvalue weighted by Crippen LogP contribution is -2.64. The number of ether oxygens (including phenoxy) is 7. The first-order chi connectivity index (χ1) is 11.4. The lowest BCUT2D eigenvalue weighted by molar-refractivity contribution is -0.316. The van der Waals surface area contributed by atoms with Crippen LogP contribution in [0.1, 0.15) is 13.8 Å². The first-order valence-electron chi connectivity index (χ1n) is 7.46. The molecule has 1 aliphatic rings. The molecule has 1 rings (SSSR count). The molecule has 1 heterocycles. The number of carbonyl (C=O) groups excluding carboxylic acids is 2. The first kappa shape index (κ1) is 20.8. The Kier molecular flexibility index (Phi) is 8.57. The van der Waals surface area contributed by atoms with Gasteiger partial charge in [-0.25, -0.2) is 0 Å². The summed E-state index contributed by atoms with van der Waals surface area (Å²) in [4.78, 5) is 22.5. The van der Waals surface area contributed by atoms with Crippen molar-refractivity contribution >= 4 is 11.9 Å². The third kappa shape index (κ3) is 5.12. The molecule has 0 saturated carbocycles. The van der Waals surface area contributed by atoms with E-state index in [-0.39, 0.29) is 6.61 Å². The summed E-state index contributed by atoms with van der Waals surface area (Å²) in [5.41, 5.74) is 0. The summed E-state index contributed by atoms with van der Waals surface area (Å²) in [5.74, 6) is -0.940. The zero-order chi connectivity index (χ0) is 18.3. The van der Waals surface area contributed by atoms with Crippen molar-refractivity contribution in [1.29, 1.82) is 0 Å². The molecule has 9 nitrogen and oxygen atoms in total. The van der Waals surface area contributed by atoms with Crippen LogP contribution in [0.5, 0.6) is 0 Å². The molecule has 9 heteroatoms. The smallest absolute Gasteiger partial charge is 0.303 e. The highest BCUT2D eigenvalue weighted by molar-refractivity contribution is 5.66. The average molecular weight is 350 g/mol. The van der Waals surface area contributed by atoms with E-state index in [1.807, 2.05) is 0 Å². The van der Waals surface area contributed by atoms with E-state index in [9.17, 15) is 9.59 Å². The highest BCUT2D eigenvalue weighted by Crippen LogP contribution is 2.30. The van der Waals surface area contributed by atoms with Crippen molar-refractivity contribution in [3.63, 3.8) is 0 Å². The molecule has 24 heavy (non-hydrogen) atoms. The zero-order valence-corrected chi connectivity index (χ0v) is 14.8. The molecule has 0 radical (unpaired) electrons. The minimum Gasteiger partial charge on any atom is -0.463 e. The molecule has 1 fully saturated rings. The van der Waals surface area contributed by atoms with Crippen LogP contribution in [0.15, 0.2) is 0 Å². The topological polar surface area (TPSA) is 98.8 Å². The standard InChI is InChI=1S/C15H26O9/c1-8(16)22-7-10(18-3)11-12(19-4)13(23-9(2)17)14(20-5)15(21-6)24-11/h10-15H,7H2,1-6H3. The monoisotopic (exact) mass is 350 g/mol. The number of rotatable bonds is 8. The Balaban J connectivity index is 3.07. The van der Waals surface area contributed by atoms with Gasteiger partial charge in [-0.15, -0.1) is 0 Å². The Morgan fingerprint density at radius 3 is 1.96 bits per heavy atom. The van der Waals surface area contributed by atoms with Gasteiger partial charge in [-0.1, -0.05) is 0 Å². The Labute approximate surface area is 141 Å². The van der Waals surface area contributed by atoms with E-state index in [1.165, 1.54) is 42.3 Å². The predicted molar refractivity (Wildman–Crippen MR) is 80.2 cm³/mol. The van der Waals surface area contributed by atoms with Gasteiger partial charge in [0, 0.05) is 42.3 Å². The summed E-state index contributed by atoms with van der Waals surface area (Å²) < 4.78 is 37.7. The summed E-state index contributed by atoms with van der Waals surface area (Å²) >= 11 is 0. The largest absolute Gasteiger partial charge is 0.463 e. The van der Waals surface area contributed by atoms with E-state index in [0.29, 0.717) is 0 Å². The molecular formula is C15H26O9. The summed E-state index contributed by atoms with van der Waals surface area (Å²) in [5, 5.41) is 0. The summed E-state index contributed by atoms with van der Waals surface area (Å²) in [6, 6.07) is 0. The number of carbonyl (C=O) groups is 2. The van der Waals surface area contributed by atoms with Crippen LogP contribution in [0.3, 0.4) is 0 Å². The number of hydrogen-bond donors (Lipinski definition) is 0. The maximum Gasteiger partial charge on any atom is 0.303 e. The number of hydrogen-bond acceptors (Lipinski definition) is 9. The molecule has 0 N–H and O–H groups in total. The van der Waals surface area contributed by atoms with E-state index in [4.69, 9.17) is 33.2 Å². The third-order valence-corrected chi connectivity index (χ3v) is 3.73. The fourth-order valence-corrected chi connectivity index (χ4v) is 2.66. The Hall–Kier alpha value is -1.26. The molecule has 140 valence electrons. The predicted octanol–water partition coefficient (Wildman–Crippen LogP) is -0.102. The van der Waals surface area contributed by atoms with Gasteiger partial charge in [0.2, 0.25) is 0 Å². The Bertz CT molecular complexity index is 414. The zero-order valence-electron chi connectivity index (χ0n) is 14.8. The van der Waals surface area contributed by atoms with Crippen LogP contribution in [-0.4, -0.2) is 83.8 Å². The number of esters is 2. The normalized spacial score (nSPS) is 31.3. The lowest BCUT2D eigenvalue weighted by Gasteiger charge is -2.45. The SMILES string of the molecule is COC(COC(C)=O)C1OC(OC)C(OC)C(OC(C)=O)C1OC. The van der Waals surface area contributed by atoms with Crippen molar-refractivity contribution in [2.45, 2.75) is 50.7 Å². The second-order valence-electron chi connectivity index (χ2n) is 5.26. The second-order valence-corrected chi connectivity index (χ2v) is 5.26. The van der Waals surface area contributed by atoms with Gasteiger partial charge in [0.1, 0.15) is 31.0 Å². The van der Waals surface area contributed by atoms with Gasteiger partial charge in [0.05, 0.1) is 0 Å². The molecule has 6 unspecified atom stereocenters. The van der Waals surface area contributed by atoms with Gasteiger partial charge in [0.15, 0.2) is 12.4 Å². The molecule has 0 aromatic heterocycles. The minimum absolute atomic E-state index is 0.0444. The van der Waals surface area contributed by atoms with E-state index in [2.05, 4.69) is 0 Å². The van der Waals surface area contributed by atoms with Crippen molar-refractivity contribution < 1.29 is 42.7 Å². The maximum absolute atomic E-state index is 11.5. The summed E-state index contributed by atoms with van der Waals surface area (Å²) in [7, 11) is 5.81. The van der Waals surface area contributed by atoms with E-state index < -0.39 is 48.7 Å². The Morgan fingerprint density at radius 1 is 0.917 bits per heavy atom. The van der Waals surface area contributed by atoms with Crippen LogP contribution in [-0.2, 0) is 42.7 Å². The van der Waals surface area contributed by atoms with Crippen LogP contribution in [0, 0.1) is 0 Å². The van der Waals surface area contributed by atoms with Crippen molar-refractivity contribution in [2.75, 3.05) is 35.0 Å². The van der Waals surface area contributed by atoms with Gasteiger partial charge in [-0.05, 0) is 0 Å². The molecule has 1 saturated heterocycles. The highest BCUT2D eigenvalue weighted by atomic mass is 16.7. The first-order valence-corrected chi connectivity index (χ1v) is 7.46. The molecular weight excluding hydrogens is 324 g/mol. The van der Waals surface area contributed by atoms with E-state index >= 15 is 0 Å². The fraction of sp³-hybridized carbons (Fsp3) is 0.867. The lowest BCUT2D eigenvalue weighted by atomic mass is 9.94. The molecule has 0 aromatic carbocycles. The molecule has 0 aliphatic carbocycles. The minimum atomic E-state index is -0.814. The molecule has 0 aromatic rings. The van der Waals surface area contributed by atoms with Gasteiger partial charge < -0.3 is 33.2 Å². The van der Waals surface area contributed by atoms with Crippen LogP contribution in [0.4, 0.5) is 0 Å². The van der Waals surface area contributed by atoms with Crippen LogP contribution < -0.4 is 0 Å². The maximum atomic E-state index is 11.5. The van der Waals surface area contributed by atoms with Crippen molar-refractivity contribution in [1.82, 2.24) is 0 Å². The Morgan fingerprint density at radius 2 is 1.54 bits per heavy atom. The fourth-order valence-electron chi connectivity index (χ4n) is 2.66. The van der Waals surface area contributed by atoms with Crippen molar-refractivity contribution in [2.24, 2.45) is 0 Å². The van der Waals surface area contributed by atoms with Crippen molar-refractivity contribution in [3.8, 4) is 0 Å². The average Bonchev–Trinajstić information content (AvgIpc) is 2.54. The van der Waals surface area contributed by atoms with Crippen LogP contribution in [0.2, 0.25) is 0 Å². The van der Waals surface area contributed by atoms with E-state index in [0.717, 1.165) is 0 Å². The highest BCUT2D eigenvalue weighted by Gasteiger charge is 2.51. The molecule has 0 bridgehead atoms. The number of methoxy groups -OCH3 is 4. The van der Waals surface area contributed by atoms with Gasteiger partial charge in [-0.2, -0.15) is 0 Å². The third-order valence-electron chi connectivity index (χ3n) is 3.73. The molecule has 0 amide bonds. The summed E-state index contributed by atoms with van der Waals surface area (Å²) in [6.45, 7) is 2.54. The molecule has 0 spiro atoms. The van der Waals surface area contributed by atoms with Gasteiger partial charge in [0.25, 0.3) is 0 Å². The molecule has 1 aliphatic heterocycles. The van der Waals surface area contributed by atoms with Gasteiger partial charge in [-0.3, -0.25) is 9.59 Å². The van der Waals surface area contributed by atoms with Crippen LogP contribution in [0.25, 0.3) is 0 Å². The van der Waals surface area contributed by atoms with Crippen LogP contribution >= 0.6 is 0 Å².